The van der Waals surface area contributed by atoms with Crippen molar-refractivity contribution in [2.45, 2.75) is 43.3 Å². The molecule has 0 heterocycles. The van der Waals surface area contributed by atoms with Crippen molar-refractivity contribution in [3.8, 4) is 0 Å². The lowest BCUT2D eigenvalue weighted by atomic mass is 10.0. The van der Waals surface area contributed by atoms with Crippen molar-refractivity contribution in [1.82, 2.24) is 0 Å². The number of ether oxygens (including phenoxy) is 1. The number of aliphatic hydroxyl groups excluding tert-OH is 4. The number of aldehydes is 1. The monoisotopic (exact) mass is 309 g/mol. The number of carboxylic acids is 1. The Hall–Kier alpha value is -1.59. The van der Waals surface area contributed by atoms with Crippen LogP contribution >= 0.6 is 0 Å². The minimum Gasteiger partial charge on any atom is -0.480 e. The Balaban J connectivity index is 4.45. The van der Waals surface area contributed by atoms with Crippen LogP contribution in [0.15, 0.2) is 0 Å². The molecule has 0 rings (SSSR count). The van der Waals surface area contributed by atoms with E-state index < -0.39 is 55.4 Å². The second-order valence-electron chi connectivity index (χ2n) is 4.31. The maximum absolute atomic E-state index is 11.4. The van der Waals surface area contributed by atoms with Gasteiger partial charge in [-0.15, -0.1) is 0 Å². The van der Waals surface area contributed by atoms with Crippen molar-refractivity contribution >= 4 is 18.2 Å². The summed E-state index contributed by atoms with van der Waals surface area (Å²) in [4.78, 5) is 32.5. The average molecular weight is 309 g/mol. The van der Waals surface area contributed by atoms with Crippen LogP contribution in [0.1, 0.15) is 12.8 Å². The van der Waals surface area contributed by atoms with Crippen LogP contribution in [0.2, 0.25) is 0 Å². The van der Waals surface area contributed by atoms with Crippen LogP contribution in [0.5, 0.6) is 0 Å². The van der Waals surface area contributed by atoms with E-state index in [4.69, 9.17) is 21.1 Å². The summed E-state index contributed by atoms with van der Waals surface area (Å²) < 4.78 is 4.55. The molecule has 0 amide bonds. The van der Waals surface area contributed by atoms with Crippen LogP contribution in [0.3, 0.4) is 0 Å². The highest BCUT2D eigenvalue weighted by Gasteiger charge is 2.33. The summed E-state index contributed by atoms with van der Waals surface area (Å²) >= 11 is 0. The highest BCUT2D eigenvalue weighted by molar-refractivity contribution is 5.76. The molecule has 122 valence electrons. The Morgan fingerprint density at radius 2 is 1.76 bits per heavy atom. The number of carboxylic acid groups (broad SMARTS) is 1. The molecule has 21 heavy (non-hydrogen) atoms. The molecule has 0 aromatic heterocycles. The van der Waals surface area contributed by atoms with Gasteiger partial charge in [0.1, 0.15) is 24.4 Å². The van der Waals surface area contributed by atoms with Gasteiger partial charge in [-0.1, -0.05) is 0 Å². The largest absolute Gasteiger partial charge is 0.480 e. The number of hydrogen-bond donors (Lipinski definition) is 6. The van der Waals surface area contributed by atoms with Crippen molar-refractivity contribution in [3.63, 3.8) is 0 Å². The minimum absolute atomic E-state index is 0.0347. The predicted octanol–water partition coefficient (Wildman–Crippen LogP) is -3.64. The molecule has 7 N–H and O–H groups in total. The van der Waals surface area contributed by atoms with E-state index in [1.807, 2.05) is 0 Å². The van der Waals surface area contributed by atoms with Crippen molar-refractivity contribution < 1.29 is 44.7 Å². The fraction of sp³-hybridized carbons (Fsp3) is 0.727. The van der Waals surface area contributed by atoms with Crippen molar-refractivity contribution in [1.29, 1.82) is 0 Å². The Bertz CT molecular complexity index is 362. The highest BCUT2D eigenvalue weighted by atomic mass is 16.6. The van der Waals surface area contributed by atoms with Crippen LogP contribution < -0.4 is 5.73 Å². The molecule has 0 aliphatic carbocycles. The van der Waals surface area contributed by atoms with E-state index in [9.17, 15) is 24.6 Å². The first-order valence-electron chi connectivity index (χ1n) is 6.02. The van der Waals surface area contributed by atoms with E-state index in [-0.39, 0.29) is 12.7 Å². The number of rotatable bonds is 10. The van der Waals surface area contributed by atoms with Gasteiger partial charge in [0.05, 0.1) is 6.61 Å². The normalized spacial score (nSPS) is 18.1. The first-order valence-corrected chi connectivity index (χ1v) is 6.02. The summed E-state index contributed by atoms with van der Waals surface area (Å²) in [5, 5.41) is 45.2. The van der Waals surface area contributed by atoms with E-state index in [0.29, 0.717) is 0 Å². The second kappa shape index (κ2) is 9.37. The molecule has 0 unspecified atom stereocenters. The van der Waals surface area contributed by atoms with Crippen LogP contribution in [-0.2, 0) is 19.1 Å². The van der Waals surface area contributed by atoms with Crippen LogP contribution in [0.25, 0.3) is 0 Å². The fourth-order valence-corrected chi connectivity index (χ4v) is 1.32. The molecule has 0 bridgehead atoms. The van der Waals surface area contributed by atoms with E-state index >= 15 is 0 Å². The van der Waals surface area contributed by atoms with E-state index in [1.54, 1.807) is 0 Å². The molecule has 0 spiro atoms. The molecular formula is C11H19NO9. The highest BCUT2D eigenvalue weighted by Crippen LogP contribution is 2.09. The summed E-state index contributed by atoms with van der Waals surface area (Å²) in [6.07, 6.45) is -7.95. The third-order valence-corrected chi connectivity index (χ3v) is 2.65. The van der Waals surface area contributed by atoms with E-state index in [0.717, 1.165) is 0 Å². The quantitative estimate of drug-likeness (QED) is 0.173. The third kappa shape index (κ3) is 6.60. The van der Waals surface area contributed by atoms with E-state index in [2.05, 4.69) is 4.74 Å². The molecule has 0 aliphatic heterocycles. The zero-order chi connectivity index (χ0) is 16.6. The third-order valence-electron chi connectivity index (χ3n) is 2.65. The lowest BCUT2D eigenvalue weighted by Crippen LogP contribution is -2.48. The van der Waals surface area contributed by atoms with Gasteiger partial charge in [0.2, 0.25) is 0 Å². The summed E-state index contributed by atoms with van der Waals surface area (Å²) in [5.41, 5.74) is 5.17. The molecule has 0 saturated carbocycles. The number of nitrogens with two attached hydrogens (primary N) is 1. The van der Waals surface area contributed by atoms with Crippen LogP contribution in [-0.4, -0.2) is 80.8 Å². The molecule has 0 saturated heterocycles. The number of aliphatic hydroxyl groups is 4. The summed E-state index contributed by atoms with van der Waals surface area (Å²) in [6, 6.07) is -1.28. The SMILES string of the molecule is N[C@@H](CCC(=O)O[C@@H](C=O)[C@@H](O)[C@H](O)[C@H](O)CO)C(=O)O. The Labute approximate surface area is 119 Å². The Kier molecular flexibility index (Phi) is 8.66. The van der Waals surface area contributed by atoms with Crippen molar-refractivity contribution in [3.05, 3.63) is 0 Å². The number of hydrogen-bond acceptors (Lipinski definition) is 9. The lowest BCUT2D eigenvalue weighted by molar-refractivity contribution is -0.168. The summed E-state index contributed by atoms with van der Waals surface area (Å²) in [5.74, 6) is -2.31. The molecular weight excluding hydrogens is 290 g/mol. The molecule has 10 heteroatoms. The summed E-state index contributed by atoms with van der Waals surface area (Å²) in [7, 11) is 0. The molecule has 10 nitrogen and oxygen atoms in total. The molecule has 0 radical (unpaired) electrons. The van der Waals surface area contributed by atoms with Gasteiger partial charge in [0, 0.05) is 6.42 Å². The molecule has 5 atom stereocenters. The van der Waals surface area contributed by atoms with Crippen LogP contribution in [0, 0.1) is 0 Å². The van der Waals surface area contributed by atoms with Crippen LogP contribution in [0.4, 0.5) is 0 Å². The van der Waals surface area contributed by atoms with Gasteiger partial charge in [-0.25, -0.2) is 0 Å². The van der Waals surface area contributed by atoms with Crippen molar-refractivity contribution in [2.75, 3.05) is 6.61 Å². The number of carbonyl (C=O) groups excluding carboxylic acids is 2. The van der Waals surface area contributed by atoms with Gasteiger partial charge in [0.15, 0.2) is 12.4 Å². The Morgan fingerprint density at radius 3 is 2.19 bits per heavy atom. The predicted molar refractivity (Wildman–Crippen MR) is 65.9 cm³/mol. The maximum atomic E-state index is 11.4. The zero-order valence-electron chi connectivity index (χ0n) is 11.0. The first-order chi connectivity index (χ1) is 9.74. The standard InChI is InChI=1S/C11H19NO9/c12-5(11(19)20)1-2-8(16)21-7(4-14)10(18)9(17)6(15)3-13/h4-7,9-10,13,15,17-18H,1-3,12H2,(H,19,20)/t5-,6+,7-,9+,10+/m0/s1. The van der Waals surface area contributed by atoms with E-state index in [1.165, 1.54) is 0 Å². The van der Waals surface area contributed by atoms with Gasteiger partial charge >= 0.3 is 11.9 Å². The van der Waals surface area contributed by atoms with Crippen molar-refractivity contribution in [2.24, 2.45) is 5.73 Å². The van der Waals surface area contributed by atoms with Gasteiger partial charge in [-0.05, 0) is 6.42 Å². The fourth-order valence-electron chi connectivity index (χ4n) is 1.32. The lowest BCUT2D eigenvalue weighted by Gasteiger charge is -2.25. The average Bonchev–Trinajstić information content (AvgIpc) is 2.47. The van der Waals surface area contributed by atoms with Gasteiger partial charge < -0.3 is 36.0 Å². The first kappa shape index (κ1) is 19.4. The van der Waals surface area contributed by atoms with Gasteiger partial charge in [-0.3, -0.25) is 14.4 Å². The molecule has 0 aliphatic rings. The number of esters is 1. The topological polar surface area (TPSA) is 188 Å². The number of aliphatic carboxylic acids is 1. The molecule has 0 fully saturated rings. The van der Waals surface area contributed by atoms with Gasteiger partial charge in [0.25, 0.3) is 0 Å². The summed E-state index contributed by atoms with van der Waals surface area (Å²) in [6.45, 7) is -0.870. The smallest absolute Gasteiger partial charge is 0.320 e. The minimum atomic E-state index is -1.94. The zero-order valence-corrected chi connectivity index (χ0v) is 11.0. The number of carbonyl (C=O) groups is 3. The Morgan fingerprint density at radius 1 is 1.19 bits per heavy atom. The van der Waals surface area contributed by atoms with Gasteiger partial charge in [-0.2, -0.15) is 0 Å². The molecule has 0 aromatic rings. The second-order valence-corrected chi connectivity index (χ2v) is 4.31. The molecule has 0 aromatic carbocycles. The maximum Gasteiger partial charge on any atom is 0.320 e.